The van der Waals surface area contributed by atoms with Crippen molar-refractivity contribution in [3.05, 3.63) is 29.3 Å². The quantitative estimate of drug-likeness (QED) is 0.715. The number of benzene rings is 1. The molecular weight excluding hydrogens is 194 g/mol. The van der Waals surface area contributed by atoms with Crippen molar-refractivity contribution < 1.29 is 0 Å². The monoisotopic (exact) mass is 210 g/mol. The van der Waals surface area contributed by atoms with E-state index in [9.17, 15) is 0 Å². The SMILES string of the molecule is CCCN(CCC)c1[c]cccc1Cl. The average molecular weight is 211 g/mol. The van der Waals surface area contributed by atoms with Crippen molar-refractivity contribution in [3.63, 3.8) is 0 Å². The molecule has 1 rings (SSSR count). The molecule has 1 nitrogen and oxygen atoms in total. The Morgan fingerprint density at radius 2 is 1.93 bits per heavy atom. The molecule has 0 saturated carbocycles. The van der Waals surface area contributed by atoms with Crippen LogP contribution in [-0.2, 0) is 0 Å². The first-order chi connectivity index (χ1) is 6.79. The first-order valence-electron chi connectivity index (χ1n) is 5.20. The van der Waals surface area contributed by atoms with Gasteiger partial charge in [-0.15, -0.1) is 0 Å². The number of anilines is 1. The summed E-state index contributed by atoms with van der Waals surface area (Å²) in [5, 5.41) is 0.800. The van der Waals surface area contributed by atoms with Crippen LogP contribution < -0.4 is 4.90 Å². The van der Waals surface area contributed by atoms with Gasteiger partial charge >= 0.3 is 0 Å². The Morgan fingerprint density at radius 1 is 1.29 bits per heavy atom. The van der Waals surface area contributed by atoms with E-state index >= 15 is 0 Å². The molecule has 0 atom stereocenters. The number of para-hydroxylation sites is 1. The maximum Gasteiger partial charge on any atom is 0.0646 e. The van der Waals surface area contributed by atoms with Gasteiger partial charge in [0.25, 0.3) is 0 Å². The van der Waals surface area contributed by atoms with Gasteiger partial charge in [-0.05, 0) is 18.9 Å². The number of nitrogens with zero attached hydrogens (tertiary/aromatic N) is 1. The number of hydrogen-bond donors (Lipinski definition) is 0. The van der Waals surface area contributed by atoms with Crippen LogP contribution in [0.25, 0.3) is 0 Å². The molecule has 0 aliphatic carbocycles. The second kappa shape index (κ2) is 5.92. The van der Waals surface area contributed by atoms with Crippen molar-refractivity contribution in [2.45, 2.75) is 26.7 Å². The van der Waals surface area contributed by atoms with Gasteiger partial charge in [-0.1, -0.05) is 37.6 Å². The summed E-state index contributed by atoms with van der Waals surface area (Å²) in [5.41, 5.74) is 1.04. The maximum atomic E-state index is 6.12. The summed E-state index contributed by atoms with van der Waals surface area (Å²) in [6.07, 6.45) is 2.28. The zero-order chi connectivity index (χ0) is 10.4. The maximum absolute atomic E-state index is 6.12. The highest BCUT2D eigenvalue weighted by Crippen LogP contribution is 2.24. The van der Waals surface area contributed by atoms with Crippen molar-refractivity contribution >= 4 is 17.3 Å². The van der Waals surface area contributed by atoms with Gasteiger partial charge in [-0.2, -0.15) is 0 Å². The molecule has 0 spiro atoms. The average Bonchev–Trinajstić information content (AvgIpc) is 2.18. The highest BCUT2D eigenvalue weighted by molar-refractivity contribution is 6.33. The highest BCUT2D eigenvalue weighted by atomic mass is 35.5. The third kappa shape index (κ3) is 2.91. The highest BCUT2D eigenvalue weighted by Gasteiger charge is 2.07. The minimum Gasteiger partial charge on any atom is -0.370 e. The summed E-state index contributed by atoms with van der Waals surface area (Å²) in [4.78, 5) is 2.29. The molecule has 0 aliphatic heterocycles. The Labute approximate surface area is 91.7 Å². The molecule has 1 aromatic carbocycles. The predicted molar refractivity (Wildman–Crippen MR) is 63.1 cm³/mol. The topological polar surface area (TPSA) is 3.24 Å². The largest absolute Gasteiger partial charge is 0.370 e. The van der Waals surface area contributed by atoms with Crippen LogP contribution in [0, 0.1) is 6.07 Å². The molecule has 0 N–H and O–H groups in total. The smallest absolute Gasteiger partial charge is 0.0646 e. The molecule has 1 radical (unpaired) electrons. The summed E-state index contributed by atoms with van der Waals surface area (Å²) in [5.74, 6) is 0. The van der Waals surface area contributed by atoms with Crippen LogP contribution in [0.15, 0.2) is 18.2 Å². The normalized spacial score (nSPS) is 10.2. The third-order valence-corrected chi connectivity index (χ3v) is 2.39. The predicted octanol–water partition coefficient (Wildman–Crippen LogP) is 3.77. The zero-order valence-corrected chi connectivity index (χ0v) is 9.64. The molecule has 0 unspecified atom stereocenters. The van der Waals surface area contributed by atoms with Crippen molar-refractivity contribution in [2.24, 2.45) is 0 Å². The van der Waals surface area contributed by atoms with Crippen LogP contribution in [0.4, 0.5) is 5.69 Å². The van der Waals surface area contributed by atoms with E-state index in [0.717, 1.165) is 36.6 Å². The third-order valence-electron chi connectivity index (χ3n) is 2.09. The van der Waals surface area contributed by atoms with Gasteiger partial charge < -0.3 is 4.90 Å². The Morgan fingerprint density at radius 3 is 2.43 bits per heavy atom. The Balaban J connectivity index is 2.81. The van der Waals surface area contributed by atoms with Gasteiger partial charge in [0.1, 0.15) is 0 Å². The number of hydrogen-bond acceptors (Lipinski definition) is 1. The van der Waals surface area contributed by atoms with Crippen molar-refractivity contribution in [1.82, 2.24) is 0 Å². The minimum absolute atomic E-state index is 0.800. The second-order valence-electron chi connectivity index (χ2n) is 3.35. The van der Waals surface area contributed by atoms with E-state index < -0.39 is 0 Å². The van der Waals surface area contributed by atoms with Gasteiger partial charge in [0.15, 0.2) is 0 Å². The molecule has 0 aliphatic rings. The van der Waals surface area contributed by atoms with E-state index in [1.165, 1.54) is 0 Å². The fourth-order valence-corrected chi connectivity index (χ4v) is 1.77. The Bertz CT molecular complexity index is 267. The van der Waals surface area contributed by atoms with Gasteiger partial charge in [-0.25, -0.2) is 0 Å². The van der Waals surface area contributed by atoms with Gasteiger partial charge in [0, 0.05) is 19.2 Å². The minimum atomic E-state index is 0.800. The Hall–Kier alpha value is -0.690. The summed E-state index contributed by atoms with van der Waals surface area (Å²) in [6.45, 7) is 6.46. The van der Waals surface area contributed by atoms with Gasteiger partial charge in [0.05, 0.1) is 10.7 Å². The van der Waals surface area contributed by atoms with Crippen molar-refractivity contribution in [3.8, 4) is 0 Å². The molecule has 0 bridgehead atoms. The lowest BCUT2D eigenvalue weighted by Gasteiger charge is -2.24. The van der Waals surface area contributed by atoms with E-state index in [1.54, 1.807) is 0 Å². The molecule has 77 valence electrons. The first-order valence-corrected chi connectivity index (χ1v) is 5.58. The van der Waals surface area contributed by atoms with Gasteiger partial charge in [0.2, 0.25) is 0 Å². The van der Waals surface area contributed by atoms with E-state index in [4.69, 9.17) is 11.6 Å². The van der Waals surface area contributed by atoms with Crippen LogP contribution in [0.1, 0.15) is 26.7 Å². The van der Waals surface area contributed by atoms with Crippen LogP contribution in [0.2, 0.25) is 5.02 Å². The molecule has 14 heavy (non-hydrogen) atoms. The van der Waals surface area contributed by atoms with Crippen molar-refractivity contribution in [1.29, 1.82) is 0 Å². The fourth-order valence-electron chi connectivity index (χ4n) is 1.53. The van der Waals surface area contributed by atoms with Crippen LogP contribution in [-0.4, -0.2) is 13.1 Å². The summed E-state index contributed by atoms with van der Waals surface area (Å²) in [7, 11) is 0. The lowest BCUT2D eigenvalue weighted by Crippen LogP contribution is -2.25. The summed E-state index contributed by atoms with van der Waals surface area (Å²) in [6, 6.07) is 8.96. The first kappa shape index (κ1) is 11.4. The van der Waals surface area contributed by atoms with E-state index in [2.05, 4.69) is 24.8 Å². The second-order valence-corrected chi connectivity index (χ2v) is 3.76. The van der Waals surface area contributed by atoms with Crippen LogP contribution in [0.5, 0.6) is 0 Å². The zero-order valence-electron chi connectivity index (χ0n) is 8.89. The molecule has 1 aromatic rings. The van der Waals surface area contributed by atoms with Gasteiger partial charge in [-0.3, -0.25) is 0 Å². The number of halogens is 1. The molecular formula is C12H17ClN. The van der Waals surface area contributed by atoms with E-state index in [0.29, 0.717) is 0 Å². The van der Waals surface area contributed by atoms with Crippen LogP contribution in [0.3, 0.4) is 0 Å². The van der Waals surface area contributed by atoms with Crippen molar-refractivity contribution in [2.75, 3.05) is 18.0 Å². The molecule has 0 fully saturated rings. The molecule has 0 heterocycles. The van der Waals surface area contributed by atoms with Crippen LogP contribution >= 0.6 is 11.6 Å². The van der Waals surface area contributed by atoms with E-state index in [1.807, 2.05) is 18.2 Å². The summed E-state index contributed by atoms with van der Waals surface area (Å²) < 4.78 is 0. The molecule has 2 heteroatoms. The summed E-state index contributed by atoms with van der Waals surface area (Å²) >= 11 is 6.12. The standard InChI is InChI=1S/C12H17ClN/c1-3-9-14(10-4-2)12-8-6-5-7-11(12)13/h5-7H,3-4,9-10H2,1-2H3. The molecule has 0 amide bonds. The molecule has 0 saturated heterocycles. The fraction of sp³-hybridized carbons (Fsp3) is 0.500. The molecule has 0 aromatic heterocycles. The lowest BCUT2D eigenvalue weighted by molar-refractivity contribution is 0.744. The lowest BCUT2D eigenvalue weighted by atomic mass is 10.2. The number of rotatable bonds is 5. The Kier molecular flexibility index (Phi) is 4.81. The van der Waals surface area contributed by atoms with E-state index in [-0.39, 0.29) is 0 Å².